The summed E-state index contributed by atoms with van der Waals surface area (Å²) in [5.41, 5.74) is 0. The van der Waals surface area contributed by atoms with Crippen molar-refractivity contribution in [1.82, 2.24) is 14.8 Å². The predicted octanol–water partition coefficient (Wildman–Crippen LogP) is 0.800. The van der Waals surface area contributed by atoms with Crippen molar-refractivity contribution in [2.24, 2.45) is 0 Å². The Labute approximate surface area is 103 Å². The molecule has 6 nitrogen and oxygen atoms in total. The van der Waals surface area contributed by atoms with Crippen molar-refractivity contribution in [2.45, 2.75) is 44.2 Å². The van der Waals surface area contributed by atoms with Crippen LogP contribution in [-0.2, 0) is 27.9 Å². The fraction of sp³-hybridized carbons (Fsp3) is 0.700. The van der Waals surface area contributed by atoms with E-state index in [1.165, 1.54) is 6.33 Å². The first-order valence-corrected chi connectivity index (χ1v) is 6.88. The topological polar surface area (TPSA) is 85.1 Å². The molecule has 0 radical (unpaired) electrons. The number of rotatable bonds is 7. The van der Waals surface area contributed by atoms with Gasteiger partial charge in [0.1, 0.15) is 12.2 Å². The van der Waals surface area contributed by atoms with E-state index in [9.17, 15) is 9.00 Å². The number of carboxylic acids is 1. The Bertz CT molecular complexity index is 405. The smallest absolute Gasteiger partial charge is 0.304 e. The highest BCUT2D eigenvalue weighted by Crippen LogP contribution is 2.08. The summed E-state index contributed by atoms with van der Waals surface area (Å²) in [6, 6.07) is 0. The zero-order chi connectivity index (χ0) is 12.8. The molecule has 1 rings (SSSR count). The molecule has 96 valence electrons. The molecule has 0 fully saturated rings. The highest BCUT2D eigenvalue weighted by atomic mass is 32.2. The number of hydrogen-bond donors (Lipinski definition) is 1. The van der Waals surface area contributed by atoms with Crippen LogP contribution >= 0.6 is 0 Å². The van der Waals surface area contributed by atoms with Gasteiger partial charge in [-0.05, 0) is 6.42 Å². The molecular formula is C10H17N3O3S. The zero-order valence-electron chi connectivity index (χ0n) is 10.00. The summed E-state index contributed by atoms with van der Waals surface area (Å²) in [5.74, 6) is -0.0163. The Kier molecular flexibility index (Phi) is 5.27. The molecule has 0 aliphatic carbocycles. The van der Waals surface area contributed by atoms with Gasteiger partial charge in [-0.2, -0.15) is 5.10 Å². The van der Waals surface area contributed by atoms with Crippen molar-refractivity contribution in [3.63, 3.8) is 0 Å². The second-order valence-corrected chi connectivity index (χ2v) is 5.69. The van der Waals surface area contributed by atoms with Gasteiger partial charge in [0.2, 0.25) is 0 Å². The van der Waals surface area contributed by atoms with Crippen molar-refractivity contribution in [2.75, 3.05) is 0 Å². The third-order valence-corrected chi connectivity index (χ3v) is 3.92. The number of nitrogens with zero attached hydrogens (tertiary/aromatic N) is 3. The van der Waals surface area contributed by atoms with Crippen LogP contribution < -0.4 is 0 Å². The minimum absolute atomic E-state index is 0.0888. The van der Waals surface area contributed by atoms with Crippen molar-refractivity contribution >= 4 is 16.8 Å². The van der Waals surface area contributed by atoms with Gasteiger partial charge < -0.3 is 5.11 Å². The summed E-state index contributed by atoms with van der Waals surface area (Å²) in [4.78, 5) is 14.6. The van der Waals surface area contributed by atoms with E-state index >= 15 is 0 Å². The normalized spacial score (nSPS) is 14.5. The summed E-state index contributed by atoms with van der Waals surface area (Å²) in [7, 11) is -1.23. The van der Waals surface area contributed by atoms with E-state index in [4.69, 9.17) is 5.11 Å². The van der Waals surface area contributed by atoms with Crippen LogP contribution in [0.25, 0.3) is 0 Å². The maximum atomic E-state index is 11.9. The molecule has 0 aromatic carbocycles. The lowest BCUT2D eigenvalue weighted by atomic mass is 10.3. The van der Waals surface area contributed by atoms with Gasteiger partial charge >= 0.3 is 5.97 Å². The molecule has 1 N–H and O–H groups in total. The fourth-order valence-electron chi connectivity index (χ4n) is 1.41. The van der Waals surface area contributed by atoms with Crippen LogP contribution in [-0.4, -0.2) is 35.3 Å². The van der Waals surface area contributed by atoms with Crippen LogP contribution in [0.5, 0.6) is 0 Å². The SMILES string of the molecule is CCCn1ncnc1CS(=O)C(C)CC(=O)O. The number of carboxylic acid groups (broad SMARTS) is 1. The number of aryl methyl sites for hydroxylation is 1. The van der Waals surface area contributed by atoms with Crippen LogP contribution in [0.4, 0.5) is 0 Å². The Hall–Kier alpha value is -1.24. The van der Waals surface area contributed by atoms with Crippen LogP contribution in [0.2, 0.25) is 0 Å². The summed E-state index contributed by atoms with van der Waals surface area (Å²) in [5, 5.41) is 12.3. The van der Waals surface area contributed by atoms with E-state index in [0.29, 0.717) is 5.82 Å². The summed E-state index contributed by atoms with van der Waals surface area (Å²) in [6.07, 6.45) is 2.27. The van der Waals surface area contributed by atoms with Gasteiger partial charge in [-0.15, -0.1) is 0 Å². The summed E-state index contributed by atoms with van der Waals surface area (Å²) < 4.78 is 13.6. The first-order valence-electron chi connectivity index (χ1n) is 5.50. The Morgan fingerprint density at radius 1 is 1.65 bits per heavy atom. The molecule has 0 bridgehead atoms. The second kappa shape index (κ2) is 6.48. The highest BCUT2D eigenvalue weighted by molar-refractivity contribution is 7.84. The molecule has 1 aromatic heterocycles. The number of aromatic nitrogens is 3. The molecule has 7 heteroatoms. The molecule has 2 unspecified atom stereocenters. The molecule has 0 amide bonds. The standard InChI is InChI=1S/C10H17N3O3S/c1-3-4-13-9(11-7-12-13)6-17(16)8(2)5-10(14)15/h7-8H,3-6H2,1-2H3,(H,14,15). The predicted molar refractivity (Wildman–Crippen MR) is 63.9 cm³/mol. The van der Waals surface area contributed by atoms with Crippen LogP contribution in [0, 0.1) is 0 Å². The van der Waals surface area contributed by atoms with Gasteiger partial charge in [0, 0.05) is 22.6 Å². The van der Waals surface area contributed by atoms with Gasteiger partial charge in [-0.3, -0.25) is 9.00 Å². The van der Waals surface area contributed by atoms with Gasteiger partial charge in [0.15, 0.2) is 0 Å². The molecule has 0 saturated heterocycles. The summed E-state index contributed by atoms with van der Waals surface area (Å²) in [6.45, 7) is 4.43. The van der Waals surface area contributed by atoms with Crippen LogP contribution in [0.1, 0.15) is 32.5 Å². The first-order chi connectivity index (χ1) is 8.04. The Balaban J connectivity index is 2.61. The molecule has 0 spiro atoms. The van der Waals surface area contributed by atoms with E-state index in [0.717, 1.165) is 13.0 Å². The third kappa shape index (κ3) is 4.26. The van der Waals surface area contributed by atoms with Crippen molar-refractivity contribution in [1.29, 1.82) is 0 Å². The molecule has 0 saturated carbocycles. The lowest BCUT2D eigenvalue weighted by molar-refractivity contribution is -0.136. The van der Waals surface area contributed by atoms with Crippen molar-refractivity contribution in [3.8, 4) is 0 Å². The van der Waals surface area contributed by atoms with E-state index in [-0.39, 0.29) is 17.4 Å². The van der Waals surface area contributed by atoms with Gasteiger partial charge in [0.25, 0.3) is 0 Å². The zero-order valence-corrected chi connectivity index (χ0v) is 10.8. The average molecular weight is 259 g/mol. The van der Waals surface area contributed by atoms with Crippen molar-refractivity contribution in [3.05, 3.63) is 12.2 Å². The minimum Gasteiger partial charge on any atom is -0.481 e. The highest BCUT2D eigenvalue weighted by Gasteiger charge is 2.17. The molecule has 0 aliphatic heterocycles. The molecule has 1 aromatic rings. The lowest BCUT2D eigenvalue weighted by Gasteiger charge is -2.09. The van der Waals surface area contributed by atoms with Gasteiger partial charge in [-0.25, -0.2) is 9.67 Å². The quantitative estimate of drug-likeness (QED) is 0.783. The van der Waals surface area contributed by atoms with Crippen LogP contribution in [0.3, 0.4) is 0 Å². The monoisotopic (exact) mass is 259 g/mol. The number of hydrogen-bond acceptors (Lipinski definition) is 4. The number of aliphatic carboxylic acids is 1. The average Bonchev–Trinajstić information content (AvgIpc) is 2.65. The summed E-state index contributed by atoms with van der Waals surface area (Å²) >= 11 is 0. The minimum atomic E-state index is -1.23. The third-order valence-electron chi connectivity index (χ3n) is 2.31. The van der Waals surface area contributed by atoms with Gasteiger partial charge in [-0.1, -0.05) is 13.8 Å². The largest absolute Gasteiger partial charge is 0.481 e. The number of carbonyl (C=O) groups is 1. The Morgan fingerprint density at radius 2 is 2.35 bits per heavy atom. The van der Waals surface area contributed by atoms with E-state index in [1.807, 2.05) is 6.92 Å². The Morgan fingerprint density at radius 3 is 2.94 bits per heavy atom. The molecule has 0 aliphatic rings. The van der Waals surface area contributed by atoms with E-state index < -0.39 is 16.8 Å². The maximum Gasteiger partial charge on any atom is 0.304 e. The molecule has 2 atom stereocenters. The van der Waals surface area contributed by atoms with Crippen molar-refractivity contribution < 1.29 is 14.1 Å². The lowest BCUT2D eigenvalue weighted by Crippen LogP contribution is -2.19. The van der Waals surface area contributed by atoms with Gasteiger partial charge in [0.05, 0.1) is 12.2 Å². The molecule has 1 heterocycles. The maximum absolute atomic E-state index is 11.9. The van der Waals surface area contributed by atoms with Crippen LogP contribution in [0.15, 0.2) is 6.33 Å². The fourth-order valence-corrected chi connectivity index (χ4v) is 2.50. The first kappa shape index (κ1) is 13.8. The second-order valence-electron chi connectivity index (χ2n) is 3.83. The van der Waals surface area contributed by atoms with E-state index in [1.54, 1.807) is 11.6 Å². The molecule has 17 heavy (non-hydrogen) atoms. The van der Waals surface area contributed by atoms with E-state index in [2.05, 4.69) is 10.1 Å². The molecular weight excluding hydrogens is 242 g/mol.